The van der Waals surface area contributed by atoms with E-state index in [1.54, 1.807) is 19.2 Å². The fourth-order valence-corrected chi connectivity index (χ4v) is 1.56. The molecule has 0 saturated heterocycles. The van der Waals surface area contributed by atoms with Gasteiger partial charge in [-0.1, -0.05) is 17.9 Å². The monoisotopic (exact) mass is 273 g/mol. The summed E-state index contributed by atoms with van der Waals surface area (Å²) in [4.78, 5) is 23.0. The van der Waals surface area contributed by atoms with Gasteiger partial charge in [0.2, 0.25) is 5.91 Å². The first-order valence-corrected chi connectivity index (χ1v) is 6.37. The van der Waals surface area contributed by atoms with E-state index in [0.717, 1.165) is 11.1 Å². The van der Waals surface area contributed by atoms with Crippen LogP contribution in [0, 0.1) is 18.8 Å². The van der Waals surface area contributed by atoms with Crippen molar-refractivity contribution in [2.24, 2.45) is 5.73 Å². The van der Waals surface area contributed by atoms with Crippen LogP contribution in [0.2, 0.25) is 0 Å². The first-order valence-electron chi connectivity index (χ1n) is 6.37. The van der Waals surface area contributed by atoms with Gasteiger partial charge in [-0.05, 0) is 24.6 Å². The SMILES string of the molecule is CNC(=O)CCNC(=O)c1ccc(C)c(C#CCN)c1. The maximum absolute atomic E-state index is 11.9. The number of carbonyl (C=O) groups excluding carboxylic acids is 2. The maximum Gasteiger partial charge on any atom is 0.251 e. The normalized spacial score (nSPS) is 9.35. The van der Waals surface area contributed by atoms with Crippen LogP contribution in [0.3, 0.4) is 0 Å². The topological polar surface area (TPSA) is 84.2 Å². The molecule has 0 aromatic heterocycles. The van der Waals surface area contributed by atoms with E-state index in [1.165, 1.54) is 0 Å². The Morgan fingerprint density at radius 3 is 2.75 bits per heavy atom. The second-order valence-corrected chi connectivity index (χ2v) is 4.21. The third kappa shape index (κ3) is 4.75. The number of nitrogens with one attached hydrogen (secondary N) is 2. The predicted molar refractivity (Wildman–Crippen MR) is 78.1 cm³/mol. The molecule has 1 aromatic rings. The van der Waals surface area contributed by atoms with E-state index in [2.05, 4.69) is 22.5 Å². The zero-order valence-electron chi connectivity index (χ0n) is 11.7. The minimum atomic E-state index is -0.218. The lowest BCUT2D eigenvalue weighted by Gasteiger charge is -2.06. The highest BCUT2D eigenvalue weighted by atomic mass is 16.2. The van der Waals surface area contributed by atoms with Crippen LogP contribution in [-0.2, 0) is 4.79 Å². The first kappa shape index (κ1) is 15.7. The van der Waals surface area contributed by atoms with Crippen LogP contribution in [-0.4, -0.2) is 32.0 Å². The van der Waals surface area contributed by atoms with Crippen molar-refractivity contribution < 1.29 is 9.59 Å². The summed E-state index contributed by atoms with van der Waals surface area (Å²) in [6, 6.07) is 5.31. The molecule has 0 unspecified atom stereocenters. The van der Waals surface area contributed by atoms with Crippen molar-refractivity contribution >= 4 is 11.8 Å². The Hall–Kier alpha value is -2.32. The second-order valence-electron chi connectivity index (χ2n) is 4.21. The fourth-order valence-electron chi connectivity index (χ4n) is 1.56. The molecule has 20 heavy (non-hydrogen) atoms. The molecule has 1 rings (SSSR count). The Labute approximate surface area is 118 Å². The van der Waals surface area contributed by atoms with Crippen molar-refractivity contribution in [3.05, 3.63) is 34.9 Å². The van der Waals surface area contributed by atoms with Crippen LogP contribution in [0.1, 0.15) is 27.9 Å². The molecule has 0 aliphatic heterocycles. The van der Waals surface area contributed by atoms with Crippen LogP contribution in [0.25, 0.3) is 0 Å². The lowest BCUT2D eigenvalue weighted by atomic mass is 10.0. The Morgan fingerprint density at radius 2 is 2.10 bits per heavy atom. The molecule has 106 valence electrons. The molecular weight excluding hydrogens is 254 g/mol. The maximum atomic E-state index is 11.9. The molecule has 5 heteroatoms. The summed E-state index contributed by atoms with van der Waals surface area (Å²) in [5.74, 6) is 5.38. The van der Waals surface area contributed by atoms with Crippen molar-refractivity contribution in [1.82, 2.24) is 10.6 Å². The van der Waals surface area contributed by atoms with Crippen molar-refractivity contribution in [3.63, 3.8) is 0 Å². The highest BCUT2D eigenvalue weighted by Gasteiger charge is 2.07. The van der Waals surface area contributed by atoms with Crippen LogP contribution >= 0.6 is 0 Å². The number of aryl methyl sites for hydroxylation is 1. The van der Waals surface area contributed by atoms with Gasteiger partial charge in [-0.15, -0.1) is 0 Å². The molecule has 2 amide bonds. The van der Waals surface area contributed by atoms with E-state index in [0.29, 0.717) is 12.1 Å². The molecule has 0 fully saturated rings. The molecule has 0 aliphatic rings. The second kappa shape index (κ2) is 7.97. The van der Waals surface area contributed by atoms with Crippen LogP contribution in [0.15, 0.2) is 18.2 Å². The first-order chi connectivity index (χ1) is 9.58. The lowest BCUT2D eigenvalue weighted by Crippen LogP contribution is -2.29. The number of benzene rings is 1. The Balaban J connectivity index is 2.71. The Morgan fingerprint density at radius 1 is 1.35 bits per heavy atom. The van der Waals surface area contributed by atoms with E-state index < -0.39 is 0 Å². The molecule has 0 spiro atoms. The molecule has 0 atom stereocenters. The van der Waals surface area contributed by atoms with Crippen LogP contribution in [0.4, 0.5) is 0 Å². The average Bonchev–Trinajstić information content (AvgIpc) is 2.46. The van der Waals surface area contributed by atoms with Crippen molar-refractivity contribution in [1.29, 1.82) is 0 Å². The third-order valence-electron chi connectivity index (χ3n) is 2.74. The summed E-state index contributed by atoms with van der Waals surface area (Å²) < 4.78 is 0. The molecule has 0 heterocycles. The summed E-state index contributed by atoms with van der Waals surface area (Å²) in [5, 5.41) is 5.19. The van der Waals surface area contributed by atoms with E-state index in [4.69, 9.17) is 5.73 Å². The lowest BCUT2D eigenvalue weighted by molar-refractivity contribution is -0.120. The number of hydrogen-bond acceptors (Lipinski definition) is 3. The summed E-state index contributed by atoms with van der Waals surface area (Å²) in [5.41, 5.74) is 7.64. The minimum absolute atomic E-state index is 0.108. The number of rotatable bonds is 4. The molecule has 0 aliphatic carbocycles. The average molecular weight is 273 g/mol. The molecule has 4 N–H and O–H groups in total. The standard InChI is InChI=1S/C15H19N3O2/c1-11-5-6-13(10-12(11)4-3-8-16)15(20)18-9-7-14(19)17-2/h5-6,10H,7-9,16H2,1-2H3,(H,17,19)(H,18,20). The van der Waals surface area contributed by atoms with Gasteiger partial charge in [0.1, 0.15) is 0 Å². The number of nitrogens with two attached hydrogens (primary N) is 1. The Bertz CT molecular complexity index is 556. The predicted octanol–water partition coefficient (Wildman–Crippen LogP) is 0.171. The zero-order valence-corrected chi connectivity index (χ0v) is 11.7. The van der Waals surface area contributed by atoms with Crippen molar-refractivity contribution in [3.8, 4) is 11.8 Å². The van der Waals surface area contributed by atoms with Gasteiger partial charge in [-0.3, -0.25) is 9.59 Å². The number of carbonyl (C=O) groups is 2. The van der Waals surface area contributed by atoms with Gasteiger partial charge in [0.15, 0.2) is 0 Å². The number of hydrogen-bond donors (Lipinski definition) is 3. The summed E-state index contributed by atoms with van der Waals surface area (Å²) in [7, 11) is 1.56. The smallest absolute Gasteiger partial charge is 0.251 e. The van der Waals surface area contributed by atoms with Crippen LogP contribution < -0.4 is 16.4 Å². The molecule has 0 saturated carbocycles. The summed E-state index contributed by atoms with van der Waals surface area (Å²) in [6.45, 7) is 2.51. The third-order valence-corrected chi connectivity index (χ3v) is 2.74. The molecule has 0 bridgehead atoms. The van der Waals surface area contributed by atoms with Gasteiger partial charge in [0, 0.05) is 31.1 Å². The van der Waals surface area contributed by atoms with E-state index in [-0.39, 0.29) is 24.8 Å². The largest absolute Gasteiger partial charge is 0.359 e. The Kier molecular flexibility index (Phi) is 6.27. The van der Waals surface area contributed by atoms with Gasteiger partial charge in [-0.25, -0.2) is 0 Å². The van der Waals surface area contributed by atoms with Gasteiger partial charge >= 0.3 is 0 Å². The van der Waals surface area contributed by atoms with Gasteiger partial charge in [0.25, 0.3) is 5.91 Å². The molecule has 5 nitrogen and oxygen atoms in total. The van der Waals surface area contributed by atoms with Gasteiger partial charge in [-0.2, -0.15) is 0 Å². The van der Waals surface area contributed by atoms with Gasteiger partial charge < -0.3 is 16.4 Å². The summed E-state index contributed by atoms with van der Waals surface area (Å²) >= 11 is 0. The zero-order chi connectivity index (χ0) is 15.0. The summed E-state index contributed by atoms with van der Waals surface area (Å²) in [6.07, 6.45) is 0.258. The van der Waals surface area contributed by atoms with Crippen molar-refractivity contribution in [2.75, 3.05) is 20.1 Å². The molecular formula is C15H19N3O2. The molecule has 0 radical (unpaired) electrons. The van der Waals surface area contributed by atoms with E-state index >= 15 is 0 Å². The fraction of sp³-hybridized carbons (Fsp3) is 0.333. The van der Waals surface area contributed by atoms with E-state index in [1.807, 2.05) is 13.0 Å². The molecule has 1 aromatic carbocycles. The van der Waals surface area contributed by atoms with Gasteiger partial charge in [0.05, 0.1) is 6.54 Å². The van der Waals surface area contributed by atoms with Crippen LogP contribution in [0.5, 0.6) is 0 Å². The quantitative estimate of drug-likeness (QED) is 0.684. The highest BCUT2D eigenvalue weighted by molar-refractivity contribution is 5.94. The minimum Gasteiger partial charge on any atom is -0.359 e. The van der Waals surface area contributed by atoms with Crippen molar-refractivity contribution in [2.45, 2.75) is 13.3 Å². The van der Waals surface area contributed by atoms with E-state index in [9.17, 15) is 9.59 Å². The number of amides is 2. The highest BCUT2D eigenvalue weighted by Crippen LogP contribution is 2.10.